The molecule has 0 aromatic rings. The lowest BCUT2D eigenvalue weighted by Crippen LogP contribution is -2.66. The number of nitrogens with two attached hydrogens (primary N) is 1. The summed E-state index contributed by atoms with van der Waals surface area (Å²) in [5, 5.41) is 0. The monoisotopic (exact) mass is 304 g/mol. The molecule has 1 saturated carbocycles. The Morgan fingerprint density at radius 1 is 1.33 bits per heavy atom. The Kier molecular flexibility index (Phi) is 3.98. The lowest BCUT2D eigenvalue weighted by atomic mass is 9.61. The first-order chi connectivity index (χ1) is 9.42. The summed E-state index contributed by atoms with van der Waals surface area (Å²) in [5.74, 6) is -2.47. The minimum atomic E-state index is -2.61. The van der Waals surface area contributed by atoms with E-state index in [0.29, 0.717) is 19.5 Å². The van der Waals surface area contributed by atoms with Crippen LogP contribution in [0, 0.1) is 11.8 Å². The molecule has 0 aromatic carbocycles. The molecule has 1 heterocycles. The molecule has 0 aromatic heterocycles. The molecule has 2 atom stereocenters. The van der Waals surface area contributed by atoms with Gasteiger partial charge in [-0.25, -0.2) is 13.6 Å². The molecular weight excluding hydrogens is 278 g/mol. The average Bonchev–Trinajstić information content (AvgIpc) is 2.23. The molecule has 0 radical (unpaired) electrons. The minimum Gasteiger partial charge on any atom is -0.444 e. The number of piperidine rings is 1. The van der Waals surface area contributed by atoms with Crippen LogP contribution in [-0.4, -0.2) is 41.1 Å². The lowest BCUT2D eigenvalue weighted by molar-refractivity contribution is -0.151. The molecule has 2 rings (SSSR count). The molecule has 4 nitrogen and oxygen atoms in total. The van der Waals surface area contributed by atoms with E-state index in [9.17, 15) is 13.6 Å². The second-order valence-electron chi connectivity index (χ2n) is 7.74. The summed E-state index contributed by atoms with van der Waals surface area (Å²) in [6.07, 6.45) is -0.145. The van der Waals surface area contributed by atoms with E-state index < -0.39 is 17.1 Å². The zero-order valence-electron chi connectivity index (χ0n) is 13.3. The summed E-state index contributed by atoms with van der Waals surface area (Å²) in [6, 6.07) is 0. The Morgan fingerprint density at radius 2 is 1.90 bits per heavy atom. The third-order valence-corrected chi connectivity index (χ3v) is 4.47. The summed E-state index contributed by atoms with van der Waals surface area (Å²) >= 11 is 0. The zero-order valence-corrected chi connectivity index (χ0v) is 13.3. The van der Waals surface area contributed by atoms with Gasteiger partial charge in [0.15, 0.2) is 0 Å². The molecule has 21 heavy (non-hydrogen) atoms. The number of ether oxygens (including phenoxy) is 1. The highest BCUT2D eigenvalue weighted by molar-refractivity contribution is 5.68. The molecule has 2 N–H and O–H groups in total. The van der Waals surface area contributed by atoms with Crippen molar-refractivity contribution < 1.29 is 18.3 Å². The first-order valence-corrected chi connectivity index (χ1v) is 7.57. The Labute approximate surface area is 125 Å². The largest absolute Gasteiger partial charge is 0.444 e. The summed E-state index contributed by atoms with van der Waals surface area (Å²) < 4.78 is 31.6. The SMILES string of the molecule is CC1CN(C(=O)OC(C)(C)C)CCC1C1(N)CC(F)(F)C1. The topological polar surface area (TPSA) is 55.6 Å². The number of hydrogen-bond donors (Lipinski definition) is 1. The van der Waals surface area contributed by atoms with Gasteiger partial charge in [0.2, 0.25) is 0 Å². The number of carbonyl (C=O) groups excluding carboxylic acids is 1. The second kappa shape index (κ2) is 5.07. The highest BCUT2D eigenvalue weighted by atomic mass is 19.3. The molecule has 1 saturated heterocycles. The van der Waals surface area contributed by atoms with Gasteiger partial charge in [-0.2, -0.15) is 0 Å². The molecule has 2 fully saturated rings. The highest BCUT2D eigenvalue weighted by Gasteiger charge is 2.59. The van der Waals surface area contributed by atoms with E-state index in [-0.39, 0.29) is 30.8 Å². The number of amides is 1. The van der Waals surface area contributed by atoms with E-state index in [1.165, 1.54) is 0 Å². The Hall–Kier alpha value is -0.910. The van der Waals surface area contributed by atoms with Crippen LogP contribution in [0.4, 0.5) is 13.6 Å². The number of hydrogen-bond acceptors (Lipinski definition) is 3. The number of nitrogens with zero attached hydrogens (tertiary/aromatic N) is 1. The highest BCUT2D eigenvalue weighted by Crippen LogP contribution is 2.51. The zero-order chi connectivity index (χ0) is 16.1. The van der Waals surface area contributed by atoms with Gasteiger partial charge < -0.3 is 15.4 Å². The number of carbonyl (C=O) groups is 1. The molecule has 122 valence electrons. The maximum Gasteiger partial charge on any atom is 0.410 e. The predicted molar refractivity (Wildman–Crippen MR) is 76.2 cm³/mol. The van der Waals surface area contributed by atoms with Gasteiger partial charge >= 0.3 is 6.09 Å². The van der Waals surface area contributed by atoms with E-state index in [1.54, 1.807) is 4.90 Å². The van der Waals surface area contributed by atoms with Crippen molar-refractivity contribution in [3.63, 3.8) is 0 Å². The van der Waals surface area contributed by atoms with Gasteiger partial charge in [0.25, 0.3) is 5.92 Å². The fraction of sp³-hybridized carbons (Fsp3) is 0.933. The van der Waals surface area contributed by atoms with Gasteiger partial charge in [0, 0.05) is 31.5 Å². The fourth-order valence-electron chi connectivity index (χ4n) is 3.67. The molecule has 0 spiro atoms. The van der Waals surface area contributed by atoms with E-state index >= 15 is 0 Å². The van der Waals surface area contributed by atoms with E-state index in [2.05, 4.69) is 0 Å². The Bertz CT molecular complexity index is 412. The van der Waals surface area contributed by atoms with Gasteiger partial charge in [-0.3, -0.25) is 0 Å². The van der Waals surface area contributed by atoms with Gasteiger partial charge in [0.05, 0.1) is 0 Å². The van der Waals surface area contributed by atoms with Crippen LogP contribution < -0.4 is 5.73 Å². The van der Waals surface area contributed by atoms with Crippen molar-refractivity contribution in [1.82, 2.24) is 4.90 Å². The summed E-state index contributed by atoms with van der Waals surface area (Å²) in [7, 11) is 0. The van der Waals surface area contributed by atoms with Crippen LogP contribution in [0.2, 0.25) is 0 Å². The third-order valence-electron chi connectivity index (χ3n) is 4.47. The standard InChI is InChI=1S/C15H26F2N2O2/c1-10-7-19(12(20)21-13(2,3)4)6-5-11(10)14(18)8-15(16,17)9-14/h10-11H,5-9,18H2,1-4H3. The van der Waals surface area contributed by atoms with Gasteiger partial charge in [-0.15, -0.1) is 0 Å². The second-order valence-corrected chi connectivity index (χ2v) is 7.74. The molecule has 1 aliphatic carbocycles. The van der Waals surface area contributed by atoms with Gasteiger partial charge in [0.1, 0.15) is 5.60 Å². The van der Waals surface area contributed by atoms with Crippen molar-refractivity contribution in [2.45, 2.75) is 64.0 Å². The minimum absolute atomic E-state index is 0.0378. The third kappa shape index (κ3) is 3.65. The van der Waals surface area contributed by atoms with Crippen LogP contribution in [0.5, 0.6) is 0 Å². The molecule has 2 aliphatic rings. The average molecular weight is 304 g/mol. The number of likely N-dealkylation sites (tertiary alicyclic amines) is 1. The Balaban J connectivity index is 1.92. The van der Waals surface area contributed by atoms with Crippen LogP contribution in [0.1, 0.15) is 47.0 Å². The molecule has 1 amide bonds. The lowest BCUT2D eigenvalue weighted by Gasteiger charge is -2.53. The van der Waals surface area contributed by atoms with Crippen molar-refractivity contribution in [3.05, 3.63) is 0 Å². The van der Waals surface area contributed by atoms with Crippen LogP contribution in [0.25, 0.3) is 0 Å². The van der Waals surface area contributed by atoms with Crippen molar-refractivity contribution in [2.24, 2.45) is 17.6 Å². The fourth-order valence-corrected chi connectivity index (χ4v) is 3.67. The molecule has 6 heteroatoms. The summed E-state index contributed by atoms with van der Waals surface area (Å²) in [6.45, 7) is 8.50. The number of alkyl halides is 2. The van der Waals surface area contributed by atoms with Crippen molar-refractivity contribution in [3.8, 4) is 0 Å². The van der Waals surface area contributed by atoms with Crippen molar-refractivity contribution in [1.29, 1.82) is 0 Å². The van der Waals surface area contributed by atoms with E-state index in [1.807, 2.05) is 27.7 Å². The summed E-state index contributed by atoms with van der Waals surface area (Å²) in [5.41, 5.74) is 4.85. The molecule has 2 unspecified atom stereocenters. The van der Waals surface area contributed by atoms with E-state index in [0.717, 1.165) is 0 Å². The van der Waals surface area contributed by atoms with E-state index in [4.69, 9.17) is 10.5 Å². The first-order valence-electron chi connectivity index (χ1n) is 7.57. The van der Waals surface area contributed by atoms with Crippen LogP contribution in [0.3, 0.4) is 0 Å². The number of rotatable bonds is 1. The smallest absolute Gasteiger partial charge is 0.410 e. The Morgan fingerprint density at radius 3 is 2.33 bits per heavy atom. The van der Waals surface area contributed by atoms with Crippen LogP contribution in [-0.2, 0) is 4.74 Å². The van der Waals surface area contributed by atoms with Gasteiger partial charge in [-0.1, -0.05) is 6.92 Å². The quantitative estimate of drug-likeness (QED) is 0.810. The molecule has 0 bridgehead atoms. The molecular formula is C15H26F2N2O2. The van der Waals surface area contributed by atoms with Crippen LogP contribution in [0.15, 0.2) is 0 Å². The maximum absolute atomic E-state index is 13.1. The maximum atomic E-state index is 13.1. The summed E-state index contributed by atoms with van der Waals surface area (Å²) in [4.78, 5) is 13.7. The van der Waals surface area contributed by atoms with Gasteiger partial charge in [-0.05, 0) is 39.0 Å². The normalized spacial score (nSPS) is 31.5. The van der Waals surface area contributed by atoms with Crippen LogP contribution >= 0.6 is 0 Å². The predicted octanol–water partition coefficient (Wildman–Crippen LogP) is 3.01. The van der Waals surface area contributed by atoms with Crippen molar-refractivity contribution >= 4 is 6.09 Å². The molecule has 1 aliphatic heterocycles. The first kappa shape index (κ1) is 16.5. The van der Waals surface area contributed by atoms with Crippen molar-refractivity contribution in [2.75, 3.05) is 13.1 Å². The number of halogens is 2.